The Labute approximate surface area is 90.2 Å². The van der Waals surface area contributed by atoms with E-state index in [1.165, 1.54) is 25.3 Å². The molecule has 2 rings (SSSR count). The van der Waals surface area contributed by atoms with Gasteiger partial charge in [-0.25, -0.2) is 4.79 Å². The van der Waals surface area contributed by atoms with E-state index in [1.807, 2.05) is 0 Å². The number of furan rings is 1. The second-order valence-corrected chi connectivity index (χ2v) is 3.13. The molecule has 0 unspecified atom stereocenters. The van der Waals surface area contributed by atoms with Crippen LogP contribution in [0.1, 0.15) is 20.9 Å². The van der Waals surface area contributed by atoms with Crippen LogP contribution in [0.25, 0.3) is 11.0 Å². The Morgan fingerprint density at radius 2 is 2.25 bits per heavy atom. The number of hydrogen-bond acceptors (Lipinski definition) is 5. The van der Waals surface area contributed by atoms with Crippen LogP contribution in [-0.4, -0.2) is 24.5 Å². The molecule has 0 fully saturated rings. The number of fused-ring (bicyclic) bond motifs is 1. The van der Waals surface area contributed by atoms with Crippen LogP contribution in [-0.2, 0) is 4.74 Å². The molecule has 0 spiro atoms. The summed E-state index contributed by atoms with van der Waals surface area (Å²) in [6.07, 6.45) is 0.508. The van der Waals surface area contributed by atoms with Gasteiger partial charge >= 0.3 is 5.97 Å². The molecule has 82 valence electrons. The molecule has 0 bridgehead atoms. The number of methoxy groups -OCH3 is 1. The molecule has 0 saturated heterocycles. The maximum absolute atomic E-state index is 11.2. The molecule has 0 saturated carbocycles. The predicted molar refractivity (Wildman–Crippen MR) is 54.6 cm³/mol. The minimum Gasteiger partial charge on any atom is -0.507 e. The van der Waals surface area contributed by atoms with Crippen molar-refractivity contribution in [2.24, 2.45) is 0 Å². The normalized spacial score (nSPS) is 10.3. The van der Waals surface area contributed by atoms with Gasteiger partial charge in [0, 0.05) is 11.5 Å². The van der Waals surface area contributed by atoms with E-state index in [9.17, 15) is 14.7 Å². The highest BCUT2D eigenvalue weighted by atomic mass is 16.5. The van der Waals surface area contributed by atoms with Crippen molar-refractivity contribution in [3.05, 3.63) is 29.5 Å². The van der Waals surface area contributed by atoms with Gasteiger partial charge in [0.15, 0.2) is 6.29 Å². The van der Waals surface area contributed by atoms with Gasteiger partial charge in [-0.15, -0.1) is 0 Å². The Morgan fingerprint density at radius 1 is 1.50 bits per heavy atom. The summed E-state index contributed by atoms with van der Waals surface area (Å²) in [7, 11) is 1.23. The van der Waals surface area contributed by atoms with Gasteiger partial charge in [0.05, 0.1) is 12.7 Å². The second kappa shape index (κ2) is 3.69. The molecule has 1 heterocycles. The van der Waals surface area contributed by atoms with E-state index < -0.39 is 5.97 Å². The molecule has 0 radical (unpaired) electrons. The molecule has 1 aromatic heterocycles. The Balaban J connectivity index is 2.70. The van der Waals surface area contributed by atoms with Crippen molar-refractivity contribution in [2.75, 3.05) is 7.11 Å². The van der Waals surface area contributed by atoms with Gasteiger partial charge in [-0.05, 0) is 12.1 Å². The number of benzene rings is 1. The standard InChI is InChI=1S/C11H8O5/c1-15-11(14)10-4-6-7(5-12)8(13)2-3-9(6)16-10/h2-5,13H,1H3. The molecule has 0 aliphatic heterocycles. The molecule has 1 N–H and O–H groups in total. The molecule has 0 amide bonds. The van der Waals surface area contributed by atoms with Gasteiger partial charge in [0.25, 0.3) is 0 Å². The number of ether oxygens (including phenoxy) is 1. The van der Waals surface area contributed by atoms with E-state index in [0.717, 1.165) is 0 Å². The number of aldehydes is 1. The van der Waals surface area contributed by atoms with Crippen LogP contribution >= 0.6 is 0 Å². The first-order chi connectivity index (χ1) is 7.67. The largest absolute Gasteiger partial charge is 0.507 e. The molecule has 1 aromatic carbocycles. The first-order valence-electron chi connectivity index (χ1n) is 4.46. The third kappa shape index (κ3) is 1.42. The summed E-state index contributed by atoms with van der Waals surface area (Å²) in [6, 6.07) is 4.17. The summed E-state index contributed by atoms with van der Waals surface area (Å²) in [5.74, 6) is -0.793. The number of esters is 1. The van der Waals surface area contributed by atoms with Gasteiger partial charge < -0.3 is 14.3 Å². The lowest BCUT2D eigenvalue weighted by Crippen LogP contribution is -1.97. The van der Waals surface area contributed by atoms with Crippen molar-refractivity contribution in [1.82, 2.24) is 0 Å². The summed E-state index contributed by atoms with van der Waals surface area (Å²) in [5, 5.41) is 9.81. The number of carbonyl (C=O) groups excluding carboxylic acids is 2. The van der Waals surface area contributed by atoms with Crippen LogP contribution in [0.15, 0.2) is 22.6 Å². The second-order valence-electron chi connectivity index (χ2n) is 3.13. The van der Waals surface area contributed by atoms with E-state index in [2.05, 4.69) is 4.74 Å². The van der Waals surface area contributed by atoms with Gasteiger partial charge in [0.1, 0.15) is 11.3 Å². The first kappa shape index (κ1) is 10.2. The summed E-state index contributed by atoms with van der Waals surface area (Å²) in [6.45, 7) is 0. The zero-order valence-corrected chi connectivity index (χ0v) is 8.39. The average Bonchev–Trinajstić information content (AvgIpc) is 2.71. The van der Waals surface area contributed by atoms with Gasteiger partial charge in [-0.3, -0.25) is 4.79 Å². The molecular formula is C11H8O5. The third-order valence-electron chi connectivity index (χ3n) is 2.22. The molecule has 0 aliphatic carbocycles. The molecule has 0 atom stereocenters. The van der Waals surface area contributed by atoms with E-state index in [-0.39, 0.29) is 17.1 Å². The molecule has 0 aliphatic rings. The van der Waals surface area contributed by atoms with Crippen LogP contribution in [0.5, 0.6) is 5.75 Å². The van der Waals surface area contributed by atoms with E-state index in [4.69, 9.17) is 4.42 Å². The van der Waals surface area contributed by atoms with Crippen LogP contribution in [0.4, 0.5) is 0 Å². The Hall–Kier alpha value is -2.30. The Bertz CT molecular complexity index is 567. The van der Waals surface area contributed by atoms with Gasteiger partial charge in [-0.1, -0.05) is 0 Å². The van der Waals surface area contributed by atoms with E-state index in [0.29, 0.717) is 17.3 Å². The van der Waals surface area contributed by atoms with E-state index >= 15 is 0 Å². The van der Waals surface area contributed by atoms with Crippen molar-refractivity contribution in [3.63, 3.8) is 0 Å². The fourth-order valence-electron chi connectivity index (χ4n) is 1.45. The number of carbonyl (C=O) groups is 2. The topological polar surface area (TPSA) is 76.7 Å². The quantitative estimate of drug-likeness (QED) is 0.616. The summed E-state index contributed by atoms with van der Waals surface area (Å²) >= 11 is 0. The molecule has 5 heteroatoms. The summed E-state index contributed by atoms with van der Waals surface area (Å²) in [5.41, 5.74) is 0.441. The molecular weight excluding hydrogens is 212 g/mol. The van der Waals surface area contributed by atoms with Crippen LogP contribution < -0.4 is 0 Å². The third-order valence-corrected chi connectivity index (χ3v) is 2.22. The van der Waals surface area contributed by atoms with Gasteiger partial charge in [-0.2, -0.15) is 0 Å². The molecule has 5 nitrogen and oxygen atoms in total. The van der Waals surface area contributed by atoms with Crippen LogP contribution in [0.3, 0.4) is 0 Å². The highest BCUT2D eigenvalue weighted by Crippen LogP contribution is 2.28. The van der Waals surface area contributed by atoms with Gasteiger partial charge in [0.2, 0.25) is 5.76 Å². The Morgan fingerprint density at radius 3 is 2.88 bits per heavy atom. The molecule has 16 heavy (non-hydrogen) atoms. The van der Waals surface area contributed by atoms with Crippen molar-refractivity contribution < 1.29 is 23.8 Å². The van der Waals surface area contributed by atoms with Crippen LogP contribution in [0, 0.1) is 0 Å². The minimum atomic E-state index is -0.632. The lowest BCUT2D eigenvalue weighted by Gasteiger charge is -1.95. The monoisotopic (exact) mass is 220 g/mol. The average molecular weight is 220 g/mol. The number of hydrogen-bond donors (Lipinski definition) is 1. The minimum absolute atomic E-state index is 0.00815. The lowest BCUT2D eigenvalue weighted by atomic mass is 10.1. The smallest absolute Gasteiger partial charge is 0.373 e. The zero-order valence-electron chi connectivity index (χ0n) is 8.39. The maximum atomic E-state index is 11.2. The number of phenols is 1. The Kier molecular flexibility index (Phi) is 2.36. The summed E-state index contributed by atoms with van der Waals surface area (Å²) < 4.78 is 9.66. The fourth-order valence-corrected chi connectivity index (χ4v) is 1.45. The maximum Gasteiger partial charge on any atom is 0.373 e. The van der Waals surface area contributed by atoms with Crippen LogP contribution in [0.2, 0.25) is 0 Å². The van der Waals surface area contributed by atoms with Crippen molar-refractivity contribution >= 4 is 23.2 Å². The number of phenolic OH excluding ortho intramolecular Hbond substituents is 1. The van der Waals surface area contributed by atoms with Crippen molar-refractivity contribution in [3.8, 4) is 5.75 Å². The lowest BCUT2D eigenvalue weighted by molar-refractivity contribution is 0.0567. The predicted octanol–water partition coefficient (Wildman–Crippen LogP) is 1.74. The number of aromatic hydroxyl groups is 1. The van der Waals surface area contributed by atoms with E-state index in [1.54, 1.807) is 0 Å². The SMILES string of the molecule is COC(=O)c1cc2c(C=O)c(O)ccc2o1. The highest BCUT2D eigenvalue weighted by molar-refractivity contribution is 6.02. The zero-order chi connectivity index (χ0) is 11.7. The highest BCUT2D eigenvalue weighted by Gasteiger charge is 2.16. The fraction of sp³-hybridized carbons (Fsp3) is 0.0909. The first-order valence-corrected chi connectivity index (χ1v) is 4.46. The molecule has 2 aromatic rings. The number of rotatable bonds is 2. The van der Waals surface area contributed by atoms with Crippen molar-refractivity contribution in [1.29, 1.82) is 0 Å². The van der Waals surface area contributed by atoms with Crippen molar-refractivity contribution in [2.45, 2.75) is 0 Å². The summed E-state index contributed by atoms with van der Waals surface area (Å²) in [4.78, 5) is 22.0.